The first kappa shape index (κ1) is 23.6. The number of pyridine rings is 1. The van der Waals surface area contributed by atoms with Gasteiger partial charge in [-0.3, -0.25) is 0 Å². The highest BCUT2D eigenvalue weighted by atomic mass is 32.2. The van der Waals surface area contributed by atoms with Gasteiger partial charge in [0.2, 0.25) is 0 Å². The predicted octanol–water partition coefficient (Wildman–Crippen LogP) is 2.67. The highest BCUT2D eigenvalue weighted by Crippen LogP contribution is 2.33. The Morgan fingerprint density at radius 1 is 1.24 bits per heavy atom. The van der Waals surface area contributed by atoms with Crippen LogP contribution in [0.4, 0.5) is 18.9 Å². The quantitative estimate of drug-likeness (QED) is 0.504. The van der Waals surface area contributed by atoms with E-state index in [1.807, 2.05) is 0 Å². The van der Waals surface area contributed by atoms with Crippen LogP contribution in [-0.2, 0) is 37.2 Å². The van der Waals surface area contributed by atoms with Gasteiger partial charge in [0.15, 0.2) is 27.0 Å². The van der Waals surface area contributed by atoms with Gasteiger partial charge in [0.25, 0.3) is 0 Å². The molecule has 0 N–H and O–H groups in total. The molecule has 4 heterocycles. The summed E-state index contributed by atoms with van der Waals surface area (Å²) < 4.78 is 76.3. The maximum atomic E-state index is 13.0. The van der Waals surface area contributed by atoms with Crippen molar-refractivity contribution in [1.82, 2.24) is 24.7 Å². The number of nitrogens with zero attached hydrogens (tertiary/aromatic N) is 6. The fourth-order valence-electron chi connectivity index (χ4n) is 3.33. The molecule has 14 heteroatoms. The Labute approximate surface area is 188 Å². The van der Waals surface area contributed by atoms with Crippen LogP contribution in [0.3, 0.4) is 0 Å². The molecule has 1 fully saturated rings. The van der Waals surface area contributed by atoms with Crippen LogP contribution in [0.5, 0.6) is 0 Å². The van der Waals surface area contributed by atoms with E-state index < -0.39 is 31.1 Å². The number of hydrogen-bond donors (Lipinski definition) is 0. The monoisotopic (exact) mass is 502 g/mol. The molecule has 3 aromatic heterocycles. The topological polar surface area (TPSA) is 112 Å². The lowest BCUT2D eigenvalue weighted by atomic mass is 10.3. The summed E-state index contributed by atoms with van der Waals surface area (Å²) in [6, 6.07) is 2.19. The first-order valence-electron chi connectivity index (χ1n) is 9.86. The summed E-state index contributed by atoms with van der Waals surface area (Å²) in [6.45, 7) is 2.56. The van der Waals surface area contributed by atoms with Crippen LogP contribution in [0, 0.1) is 0 Å². The molecule has 0 bridgehead atoms. The Morgan fingerprint density at radius 3 is 2.58 bits per heavy atom. The highest BCUT2D eigenvalue weighted by Gasteiger charge is 2.34. The van der Waals surface area contributed by atoms with Gasteiger partial charge in [-0.2, -0.15) is 13.2 Å². The van der Waals surface area contributed by atoms with Crippen molar-refractivity contribution in [2.45, 2.75) is 18.0 Å². The van der Waals surface area contributed by atoms with E-state index in [1.54, 1.807) is 0 Å². The summed E-state index contributed by atoms with van der Waals surface area (Å²) in [6.07, 6.45) is -3.26. The molecule has 0 radical (unpaired) electrons. The van der Waals surface area contributed by atoms with Gasteiger partial charge >= 0.3 is 6.18 Å². The second-order valence-electron chi connectivity index (χ2n) is 7.49. The summed E-state index contributed by atoms with van der Waals surface area (Å²) >= 11 is 0. The first-order chi connectivity index (χ1) is 15.4. The van der Waals surface area contributed by atoms with E-state index in [9.17, 15) is 21.6 Å². The van der Waals surface area contributed by atoms with Crippen LogP contribution in [0.25, 0.3) is 22.7 Å². The summed E-state index contributed by atoms with van der Waals surface area (Å²) in [5.74, 6) is 5.40. The fraction of sp³-hybridized carbons (Fsp3) is 0.421. The van der Waals surface area contributed by atoms with Gasteiger partial charge in [-0.15, -0.1) is 19.6 Å². The number of rotatable bonds is 4. The van der Waals surface area contributed by atoms with Crippen molar-refractivity contribution in [3.8, 4) is 11.5 Å². The summed E-state index contributed by atoms with van der Waals surface area (Å²) in [5, 5.41) is 6.84. The molecule has 33 heavy (non-hydrogen) atoms. The summed E-state index contributed by atoms with van der Waals surface area (Å²) in [7, 11) is -3.89. The van der Waals surface area contributed by atoms with Crippen LogP contribution < -0.4 is 0 Å². The number of fused-ring (bicyclic) bond motifs is 1. The molecule has 0 spiro atoms. The van der Waals surface area contributed by atoms with E-state index >= 15 is 0 Å². The first-order valence-corrected chi connectivity index (χ1v) is 13.6. The number of ether oxygens (including phenoxy) is 1. The Kier molecular flexibility index (Phi) is 5.95. The largest absolute Gasteiger partial charge is 0.435 e. The average molecular weight is 503 g/mol. The van der Waals surface area contributed by atoms with E-state index in [4.69, 9.17) is 4.74 Å². The third kappa shape index (κ3) is 4.59. The zero-order valence-corrected chi connectivity index (χ0v) is 19.5. The van der Waals surface area contributed by atoms with Gasteiger partial charge in [0, 0.05) is 24.6 Å². The van der Waals surface area contributed by atoms with Crippen molar-refractivity contribution >= 4 is 42.0 Å². The number of aryl methyl sites for hydroxylation is 1. The zero-order valence-electron chi connectivity index (χ0n) is 17.8. The highest BCUT2D eigenvalue weighted by molar-refractivity contribution is 8.02. The molecule has 0 saturated carbocycles. The van der Waals surface area contributed by atoms with Crippen molar-refractivity contribution in [2.75, 3.05) is 30.5 Å². The van der Waals surface area contributed by atoms with Crippen LogP contribution in [-0.4, -0.2) is 69.5 Å². The molecule has 0 amide bonds. The molecule has 1 aliphatic rings. The maximum absolute atomic E-state index is 13.0. The summed E-state index contributed by atoms with van der Waals surface area (Å²) in [4.78, 5) is 8.41. The second kappa shape index (κ2) is 8.33. The molecule has 1 aliphatic heterocycles. The van der Waals surface area contributed by atoms with Gasteiger partial charge in [0.1, 0.15) is 11.2 Å². The predicted molar refractivity (Wildman–Crippen MR) is 119 cm³/mol. The molecular weight excluding hydrogens is 481 g/mol. The lowest BCUT2D eigenvalue weighted by molar-refractivity contribution is -0.141. The molecule has 1 saturated heterocycles. The van der Waals surface area contributed by atoms with Gasteiger partial charge < -0.3 is 9.30 Å². The molecule has 0 atom stereocenters. The smallest absolute Gasteiger partial charge is 0.380 e. The van der Waals surface area contributed by atoms with Gasteiger partial charge in [0.05, 0.1) is 35.7 Å². The van der Waals surface area contributed by atoms with Crippen molar-refractivity contribution < 1.29 is 26.3 Å². The van der Waals surface area contributed by atoms with Gasteiger partial charge in [-0.25, -0.2) is 22.7 Å². The van der Waals surface area contributed by atoms with Crippen molar-refractivity contribution in [1.29, 1.82) is 0 Å². The number of halogens is 3. The number of imidazole rings is 1. The van der Waals surface area contributed by atoms with Crippen LogP contribution >= 0.6 is 0 Å². The minimum absolute atomic E-state index is 0.00458. The number of hydrogen-bond acceptors (Lipinski definition) is 8. The van der Waals surface area contributed by atoms with E-state index in [1.165, 1.54) is 30.8 Å². The molecule has 0 aromatic carbocycles. The summed E-state index contributed by atoms with van der Waals surface area (Å²) in [5.41, 5.74) is -0.825. The number of alkyl halides is 3. The lowest BCUT2D eigenvalue weighted by Gasteiger charge is -2.21. The van der Waals surface area contributed by atoms with E-state index in [-0.39, 0.29) is 33.3 Å². The van der Waals surface area contributed by atoms with Crippen LogP contribution in [0.2, 0.25) is 0 Å². The van der Waals surface area contributed by atoms with Crippen LogP contribution in [0.1, 0.15) is 12.6 Å². The SMILES string of the molecule is C=S1(=Nc2cnc(-c3nc4cc(C(F)(F)F)nnc4n3C)c(S(=O)(=O)CC)c2)CCOCC1. The second-order valence-corrected chi connectivity index (χ2v) is 12.7. The lowest BCUT2D eigenvalue weighted by Crippen LogP contribution is -2.25. The Morgan fingerprint density at radius 2 is 1.94 bits per heavy atom. The molecule has 9 nitrogen and oxygen atoms in total. The fourth-order valence-corrected chi connectivity index (χ4v) is 6.17. The van der Waals surface area contributed by atoms with E-state index in [0.29, 0.717) is 30.4 Å². The van der Waals surface area contributed by atoms with E-state index in [2.05, 4.69) is 30.4 Å². The number of aromatic nitrogens is 5. The van der Waals surface area contributed by atoms with Crippen molar-refractivity contribution in [2.24, 2.45) is 11.4 Å². The van der Waals surface area contributed by atoms with Gasteiger partial charge in [-0.05, 0) is 6.07 Å². The number of sulfone groups is 1. The molecule has 178 valence electrons. The molecule has 0 aliphatic carbocycles. The minimum atomic E-state index is -4.69. The standard InChI is InChI=1S/C19H21F3N6O3S2/c1-4-33(29,30)14-9-12(27-32(3)7-5-31-6-8-32)11-23-16(14)18-24-13-10-15(19(20,21)22)25-26-17(13)28(18)2/h9-11H,3-8H2,1-2H3. The molecule has 0 unspecified atom stereocenters. The average Bonchev–Trinajstić information content (AvgIpc) is 3.09. The van der Waals surface area contributed by atoms with Gasteiger partial charge in [-0.1, -0.05) is 12.8 Å². The van der Waals surface area contributed by atoms with E-state index in [0.717, 1.165) is 6.07 Å². The molecular formula is C19H21F3N6O3S2. The third-order valence-electron chi connectivity index (χ3n) is 5.19. The Bertz CT molecular complexity index is 1450. The van der Waals surface area contributed by atoms with Crippen molar-refractivity contribution in [3.05, 3.63) is 24.0 Å². The Hall–Kier alpha value is -2.58. The third-order valence-corrected chi connectivity index (χ3v) is 9.38. The van der Waals surface area contributed by atoms with Crippen molar-refractivity contribution in [3.63, 3.8) is 0 Å². The molecule has 4 rings (SSSR count). The van der Waals surface area contributed by atoms with Crippen LogP contribution in [0.15, 0.2) is 27.6 Å². The maximum Gasteiger partial charge on any atom is 0.435 e. The Balaban J connectivity index is 1.90. The normalized spacial score (nSPS) is 16.8. The zero-order chi connectivity index (χ0) is 24.0. The molecule has 3 aromatic rings. The minimum Gasteiger partial charge on any atom is -0.380 e.